The van der Waals surface area contributed by atoms with Crippen molar-refractivity contribution in [2.75, 3.05) is 0 Å². The fraction of sp³-hybridized carbons (Fsp3) is 0.0769. The quantitative estimate of drug-likeness (QED) is 0.773. The summed E-state index contributed by atoms with van der Waals surface area (Å²) in [5.41, 5.74) is 1.19. The van der Waals surface area contributed by atoms with Crippen LogP contribution >= 0.6 is 0 Å². The third-order valence-corrected chi connectivity index (χ3v) is 1.99. The molecule has 0 fully saturated rings. The van der Waals surface area contributed by atoms with Gasteiger partial charge in [-0.05, 0) is 17.7 Å². The van der Waals surface area contributed by atoms with Gasteiger partial charge in [0.2, 0.25) is 0 Å². The van der Waals surface area contributed by atoms with Gasteiger partial charge in [0.15, 0.2) is 0 Å². The Morgan fingerprint density at radius 1 is 0.733 bits per heavy atom. The second-order valence-electron chi connectivity index (χ2n) is 3.09. The summed E-state index contributed by atoms with van der Waals surface area (Å²) in [5, 5.41) is 0. The summed E-state index contributed by atoms with van der Waals surface area (Å²) >= 11 is 0. The van der Waals surface area contributed by atoms with Crippen molar-refractivity contribution >= 4 is 0 Å². The maximum absolute atomic E-state index is 5.59. The molecule has 2 aromatic carbocycles. The number of hydrogen-bond acceptors (Lipinski definition) is 1. The van der Waals surface area contributed by atoms with Gasteiger partial charge in [-0.2, -0.15) is 0 Å². The van der Waals surface area contributed by atoms with Gasteiger partial charge in [-0.1, -0.05) is 48.5 Å². The van der Waals surface area contributed by atoms with Gasteiger partial charge in [0.05, 0.1) is 0 Å². The highest BCUT2D eigenvalue weighted by molar-refractivity contribution is 5.22. The van der Waals surface area contributed by atoms with Gasteiger partial charge >= 0.3 is 0 Å². The Kier molecular flexibility index (Phi) is 4.91. The van der Waals surface area contributed by atoms with Crippen LogP contribution < -0.4 is 21.7 Å². The van der Waals surface area contributed by atoms with Crippen molar-refractivity contribution in [2.24, 2.45) is 0 Å². The van der Waals surface area contributed by atoms with E-state index in [2.05, 4.69) is 12.1 Å². The van der Waals surface area contributed by atoms with Crippen molar-refractivity contribution < 1.29 is 21.7 Å². The van der Waals surface area contributed by atoms with Crippen LogP contribution in [0.1, 0.15) is 5.56 Å². The molecule has 0 N–H and O–H groups in total. The summed E-state index contributed by atoms with van der Waals surface area (Å²) in [6.07, 6.45) is 0. The number of ether oxygens (including phenoxy) is 1. The molecule has 2 aromatic rings. The summed E-state index contributed by atoms with van der Waals surface area (Å²) in [5.74, 6) is 0.913. The fourth-order valence-electron chi connectivity index (χ4n) is 1.26. The molecular weight excluding hydrogens is 252 g/mol. The lowest BCUT2D eigenvalue weighted by Crippen LogP contribution is -3.00. The van der Waals surface area contributed by atoms with Crippen LogP contribution in [0.4, 0.5) is 0 Å². The van der Waals surface area contributed by atoms with E-state index in [0.29, 0.717) is 6.61 Å². The van der Waals surface area contributed by atoms with Crippen molar-refractivity contribution in [3.63, 3.8) is 0 Å². The molecule has 1 nitrogen and oxygen atoms in total. The predicted molar refractivity (Wildman–Crippen MR) is 57.2 cm³/mol. The van der Waals surface area contributed by atoms with Crippen molar-refractivity contribution in [1.82, 2.24) is 0 Å². The molecule has 0 aliphatic carbocycles. The number of hydrogen-bond donors (Lipinski definition) is 0. The Labute approximate surface area is 100 Å². The first-order valence-electron chi connectivity index (χ1n) is 4.67. The van der Waals surface area contributed by atoms with E-state index in [0.717, 1.165) is 5.75 Å². The predicted octanol–water partition coefficient (Wildman–Crippen LogP) is 0.270. The van der Waals surface area contributed by atoms with E-state index in [1.54, 1.807) is 0 Å². The van der Waals surface area contributed by atoms with Gasteiger partial charge in [-0.3, -0.25) is 0 Å². The Bertz CT molecular complexity index is 333. The smallest absolute Gasteiger partial charge is 0.119 e. The van der Waals surface area contributed by atoms with Crippen LogP contribution in [-0.2, 0) is 6.61 Å². The molecule has 0 saturated heterocycles. The van der Waals surface area contributed by atoms with Gasteiger partial charge in [0, 0.05) is 0 Å². The maximum Gasteiger partial charge on any atom is 0.119 e. The third kappa shape index (κ3) is 3.76. The Morgan fingerprint density at radius 2 is 1.27 bits per heavy atom. The summed E-state index contributed by atoms with van der Waals surface area (Å²) in [6, 6.07) is 20.0. The Balaban J connectivity index is 0.00000112. The molecular formula is C13H12BrO-. The second-order valence-corrected chi connectivity index (χ2v) is 3.09. The molecule has 0 spiro atoms. The SMILES string of the molecule is [Br-].c1ccc(COc2ccccc2)cc1. The van der Waals surface area contributed by atoms with Gasteiger partial charge in [-0.25, -0.2) is 0 Å². The minimum absolute atomic E-state index is 0. The molecule has 0 radical (unpaired) electrons. The van der Waals surface area contributed by atoms with Crippen LogP contribution in [0, 0.1) is 0 Å². The van der Waals surface area contributed by atoms with Crippen LogP contribution in [0.25, 0.3) is 0 Å². The van der Waals surface area contributed by atoms with Crippen LogP contribution in [0.5, 0.6) is 5.75 Å². The molecule has 78 valence electrons. The third-order valence-electron chi connectivity index (χ3n) is 1.99. The van der Waals surface area contributed by atoms with Crippen molar-refractivity contribution in [3.8, 4) is 5.75 Å². The van der Waals surface area contributed by atoms with Crippen molar-refractivity contribution in [1.29, 1.82) is 0 Å². The zero-order valence-corrected chi connectivity index (χ0v) is 9.85. The first-order chi connectivity index (χ1) is 6.95. The maximum atomic E-state index is 5.59. The van der Waals surface area contributed by atoms with Crippen LogP contribution in [0.3, 0.4) is 0 Å². The minimum atomic E-state index is 0. The van der Waals surface area contributed by atoms with Crippen LogP contribution in [-0.4, -0.2) is 0 Å². The average Bonchev–Trinajstić information content (AvgIpc) is 2.29. The molecule has 0 saturated carbocycles. The molecule has 0 aliphatic rings. The largest absolute Gasteiger partial charge is 1.00 e. The van der Waals surface area contributed by atoms with Gasteiger partial charge < -0.3 is 21.7 Å². The summed E-state index contributed by atoms with van der Waals surface area (Å²) in [6.45, 7) is 0.630. The lowest BCUT2D eigenvalue weighted by atomic mass is 10.2. The molecule has 2 heteroatoms. The van der Waals surface area contributed by atoms with Crippen LogP contribution in [0.2, 0.25) is 0 Å². The van der Waals surface area contributed by atoms with Crippen molar-refractivity contribution in [3.05, 3.63) is 66.2 Å². The molecule has 0 aliphatic heterocycles. The lowest BCUT2D eigenvalue weighted by Gasteiger charge is -2.05. The average molecular weight is 264 g/mol. The lowest BCUT2D eigenvalue weighted by molar-refractivity contribution is -0.00000316. The monoisotopic (exact) mass is 263 g/mol. The summed E-state index contributed by atoms with van der Waals surface area (Å²) in [4.78, 5) is 0. The van der Waals surface area contributed by atoms with E-state index in [9.17, 15) is 0 Å². The van der Waals surface area contributed by atoms with Gasteiger partial charge in [0.25, 0.3) is 0 Å². The highest BCUT2D eigenvalue weighted by Gasteiger charge is 1.92. The summed E-state index contributed by atoms with van der Waals surface area (Å²) in [7, 11) is 0. The topological polar surface area (TPSA) is 9.23 Å². The molecule has 0 aromatic heterocycles. The van der Waals surface area contributed by atoms with E-state index in [-0.39, 0.29) is 17.0 Å². The first-order valence-corrected chi connectivity index (χ1v) is 4.67. The number of para-hydroxylation sites is 1. The fourth-order valence-corrected chi connectivity index (χ4v) is 1.26. The highest BCUT2D eigenvalue weighted by Crippen LogP contribution is 2.10. The highest BCUT2D eigenvalue weighted by atomic mass is 79.9. The Hall–Kier alpha value is -1.28. The van der Waals surface area contributed by atoms with E-state index in [1.165, 1.54) is 5.56 Å². The van der Waals surface area contributed by atoms with E-state index >= 15 is 0 Å². The number of rotatable bonds is 3. The van der Waals surface area contributed by atoms with E-state index < -0.39 is 0 Å². The van der Waals surface area contributed by atoms with Crippen LogP contribution in [0.15, 0.2) is 60.7 Å². The minimum Gasteiger partial charge on any atom is -1.00 e. The molecule has 2 rings (SSSR count). The summed E-state index contributed by atoms with van der Waals surface area (Å²) < 4.78 is 5.59. The van der Waals surface area contributed by atoms with E-state index in [1.807, 2.05) is 48.5 Å². The molecule has 0 bridgehead atoms. The zero-order valence-electron chi connectivity index (χ0n) is 8.27. The normalized spacial score (nSPS) is 9.07. The molecule has 0 unspecified atom stereocenters. The number of halogens is 1. The molecule has 0 heterocycles. The van der Waals surface area contributed by atoms with Crippen molar-refractivity contribution in [2.45, 2.75) is 6.61 Å². The first kappa shape index (κ1) is 11.8. The molecule has 0 amide bonds. The zero-order chi connectivity index (χ0) is 9.64. The van der Waals surface area contributed by atoms with E-state index in [4.69, 9.17) is 4.74 Å². The van der Waals surface area contributed by atoms with Gasteiger partial charge in [0.1, 0.15) is 12.4 Å². The Morgan fingerprint density at radius 3 is 1.87 bits per heavy atom. The second kappa shape index (κ2) is 6.25. The number of benzene rings is 2. The standard InChI is InChI=1S/C13H12O.BrH/c1-3-7-12(8-4-1)11-14-13-9-5-2-6-10-13;/h1-10H,11H2;1H/p-1. The molecule has 15 heavy (non-hydrogen) atoms. The molecule has 0 atom stereocenters. The van der Waals surface area contributed by atoms with Gasteiger partial charge in [-0.15, -0.1) is 0 Å².